The maximum atomic E-state index is 5.59. The lowest BCUT2D eigenvalue weighted by Crippen LogP contribution is -2.03. The Kier molecular flexibility index (Phi) is 3.58. The molecular formula is C11H12BrN3O. The van der Waals surface area contributed by atoms with Gasteiger partial charge in [-0.25, -0.2) is 4.68 Å². The zero-order chi connectivity index (χ0) is 11.4. The first-order chi connectivity index (χ1) is 7.75. The van der Waals surface area contributed by atoms with Gasteiger partial charge in [0, 0.05) is 6.20 Å². The van der Waals surface area contributed by atoms with Gasteiger partial charge in [-0.3, -0.25) is 0 Å². The molecule has 0 aliphatic carbocycles. The van der Waals surface area contributed by atoms with Crippen LogP contribution >= 0.6 is 15.9 Å². The van der Waals surface area contributed by atoms with Gasteiger partial charge in [-0.1, -0.05) is 30.3 Å². The van der Waals surface area contributed by atoms with Crippen molar-refractivity contribution in [3.05, 3.63) is 46.6 Å². The molecule has 0 spiro atoms. The Labute approximate surface area is 102 Å². The van der Waals surface area contributed by atoms with E-state index in [-0.39, 0.29) is 0 Å². The van der Waals surface area contributed by atoms with Gasteiger partial charge in [0.1, 0.15) is 6.73 Å². The number of nitrogens with two attached hydrogens (primary N) is 1. The van der Waals surface area contributed by atoms with E-state index in [0.29, 0.717) is 19.2 Å². The number of nitrogen functional groups attached to an aromatic ring is 1. The summed E-state index contributed by atoms with van der Waals surface area (Å²) >= 11 is 3.29. The summed E-state index contributed by atoms with van der Waals surface area (Å²) in [4.78, 5) is 0. The van der Waals surface area contributed by atoms with Gasteiger partial charge in [0.15, 0.2) is 5.82 Å². The molecule has 0 amide bonds. The van der Waals surface area contributed by atoms with Crippen LogP contribution in [-0.4, -0.2) is 9.78 Å². The molecule has 0 atom stereocenters. The molecule has 0 fully saturated rings. The summed E-state index contributed by atoms with van der Waals surface area (Å²) in [5, 5.41) is 4.06. The summed E-state index contributed by atoms with van der Waals surface area (Å²) in [7, 11) is 0. The third-order valence-corrected chi connectivity index (χ3v) is 2.69. The molecule has 2 aromatic rings. The van der Waals surface area contributed by atoms with Crippen molar-refractivity contribution in [1.29, 1.82) is 0 Å². The molecule has 0 aliphatic rings. The molecule has 1 aromatic carbocycles. The highest BCUT2D eigenvalue weighted by Crippen LogP contribution is 2.16. The van der Waals surface area contributed by atoms with E-state index in [0.717, 1.165) is 10.0 Å². The van der Waals surface area contributed by atoms with Crippen LogP contribution in [0.3, 0.4) is 0 Å². The number of halogens is 1. The van der Waals surface area contributed by atoms with Gasteiger partial charge >= 0.3 is 0 Å². The molecule has 5 heteroatoms. The Bertz CT molecular complexity index is 436. The predicted molar refractivity (Wildman–Crippen MR) is 65.6 cm³/mol. The minimum atomic E-state index is 0.394. The highest BCUT2D eigenvalue weighted by Gasteiger charge is 2.01. The molecular weight excluding hydrogens is 270 g/mol. The summed E-state index contributed by atoms with van der Waals surface area (Å²) < 4.78 is 7.94. The van der Waals surface area contributed by atoms with Crippen molar-refractivity contribution in [2.24, 2.45) is 0 Å². The van der Waals surface area contributed by atoms with Crippen LogP contribution in [0, 0.1) is 0 Å². The zero-order valence-electron chi connectivity index (χ0n) is 8.64. The number of aromatic nitrogens is 2. The van der Waals surface area contributed by atoms with E-state index in [1.54, 1.807) is 10.9 Å². The van der Waals surface area contributed by atoms with Crippen molar-refractivity contribution >= 4 is 21.7 Å². The van der Waals surface area contributed by atoms with Gasteiger partial charge < -0.3 is 10.5 Å². The Morgan fingerprint density at radius 1 is 1.31 bits per heavy atom. The van der Waals surface area contributed by atoms with Crippen LogP contribution in [0.5, 0.6) is 0 Å². The van der Waals surface area contributed by atoms with Crippen LogP contribution in [-0.2, 0) is 18.1 Å². The van der Waals surface area contributed by atoms with E-state index in [2.05, 4.69) is 21.0 Å². The predicted octanol–water partition coefficient (Wildman–Crippen LogP) is 2.40. The van der Waals surface area contributed by atoms with E-state index in [4.69, 9.17) is 10.5 Å². The second-order valence-electron chi connectivity index (χ2n) is 3.36. The molecule has 0 bridgehead atoms. The second kappa shape index (κ2) is 5.14. The van der Waals surface area contributed by atoms with Crippen molar-refractivity contribution in [3.8, 4) is 0 Å². The summed E-state index contributed by atoms with van der Waals surface area (Å²) in [6.07, 6.45) is 1.79. The highest BCUT2D eigenvalue weighted by atomic mass is 79.9. The molecule has 1 heterocycles. The minimum absolute atomic E-state index is 0.394. The van der Waals surface area contributed by atoms with Crippen molar-refractivity contribution in [1.82, 2.24) is 9.78 Å². The van der Waals surface area contributed by atoms with Crippen molar-refractivity contribution in [2.75, 3.05) is 5.73 Å². The first-order valence-electron chi connectivity index (χ1n) is 4.86. The normalized spacial score (nSPS) is 10.6. The van der Waals surface area contributed by atoms with Crippen LogP contribution in [0.2, 0.25) is 0 Å². The summed E-state index contributed by atoms with van der Waals surface area (Å²) in [6.45, 7) is 0.961. The Morgan fingerprint density at radius 3 is 2.69 bits per heavy atom. The number of hydrogen-bond acceptors (Lipinski definition) is 3. The largest absolute Gasteiger partial charge is 0.381 e. The van der Waals surface area contributed by atoms with Crippen molar-refractivity contribution in [3.63, 3.8) is 0 Å². The molecule has 84 valence electrons. The molecule has 0 aliphatic heterocycles. The number of anilines is 1. The number of rotatable bonds is 4. The average Bonchev–Trinajstić information content (AvgIpc) is 2.60. The first kappa shape index (κ1) is 11.2. The third-order valence-electron chi connectivity index (χ3n) is 2.08. The fourth-order valence-corrected chi connectivity index (χ4v) is 1.63. The van der Waals surface area contributed by atoms with Gasteiger partial charge in [0.25, 0.3) is 0 Å². The summed E-state index contributed by atoms with van der Waals surface area (Å²) in [6, 6.07) is 10.00. The van der Waals surface area contributed by atoms with E-state index in [9.17, 15) is 0 Å². The van der Waals surface area contributed by atoms with Gasteiger partial charge in [0.2, 0.25) is 0 Å². The third kappa shape index (κ3) is 2.84. The second-order valence-corrected chi connectivity index (χ2v) is 4.22. The lowest BCUT2D eigenvalue weighted by atomic mass is 10.2. The standard InChI is InChI=1S/C11H12BrN3O/c12-10-6-15(14-11(10)13)8-16-7-9-4-2-1-3-5-9/h1-6H,7-8H2,(H2,13,14). The van der Waals surface area contributed by atoms with Crippen LogP contribution < -0.4 is 5.73 Å². The van der Waals surface area contributed by atoms with Gasteiger partial charge in [-0.15, -0.1) is 0 Å². The van der Waals surface area contributed by atoms with Crippen LogP contribution in [0.15, 0.2) is 41.0 Å². The van der Waals surface area contributed by atoms with Crippen molar-refractivity contribution < 1.29 is 4.74 Å². The zero-order valence-corrected chi connectivity index (χ0v) is 10.2. The van der Waals surface area contributed by atoms with E-state index in [1.165, 1.54) is 0 Å². The van der Waals surface area contributed by atoms with Gasteiger partial charge in [0.05, 0.1) is 11.1 Å². The van der Waals surface area contributed by atoms with E-state index < -0.39 is 0 Å². The summed E-state index contributed by atoms with van der Waals surface area (Å²) in [5.74, 6) is 0.475. The lowest BCUT2D eigenvalue weighted by Gasteiger charge is -2.03. The minimum Gasteiger partial charge on any atom is -0.381 e. The summed E-state index contributed by atoms with van der Waals surface area (Å²) in [5.41, 5.74) is 6.73. The van der Waals surface area contributed by atoms with Crippen LogP contribution in [0.1, 0.15) is 5.56 Å². The topological polar surface area (TPSA) is 53.1 Å². The number of ether oxygens (including phenoxy) is 1. The molecule has 0 saturated heterocycles. The average molecular weight is 282 g/mol. The molecule has 0 radical (unpaired) electrons. The molecule has 0 unspecified atom stereocenters. The number of nitrogens with zero attached hydrogens (tertiary/aromatic N) is 2. The molecule has 0 saturated carbocycles. The highest BCUT2D eigenvalue weighted by molar-refractivity contribution is 9.10. The van der Waals surface area contributed by atoms with Gasteiger partial charge in [-0.2, -0.15) is 5.10 Å². The quantitative estimate of drug-likeness (QED) is 0.936. The van der Waals surface area contributed by atoms with E-state index >= 15 is 0 Å². The van der Waals surface area contributed by atoms with E-state index in [1.807, 2.05) is 30.3 Å². The van der Waals surface area contributed by atoms with Crippen LogP contribution in [0.25, 0.3) is 0 Å². The fourth-order valence-electron chi connectivity index (χ4n) is 1.31. The maximum Gasteiger partial charge on any atom is 0.159 e. The Hall–Kier alpha value is -1.33. The fraction of sp³-hybridized carbons (Fsp3) is 0.182. The Morgan fingerprint density at radius 2 is 2.06 bits per heavy atom. The maximum absolute atomic E-state index is 5.59. The van der Waals surface area contributed by atoms with Crippen LogP contribution in [0.4, 0.5) is 5.82 Å². The van der Waals surface area contributed by atoms with Crippen molar-refractivity contribution in [2.45, 2.75) is 13.3 Å². The molecule has 2 N–H and O–H groups in total. The SMILES string of the molecule is Nc1nn(COCc2ccccc2)cc1Br. The lowest BCUT2D eigenvalue weighted by molar-refractivity contribution is 0.0562. The Balaban J connectivity index is 1.84. The molecule has 4 nitrogen and oxygen atoms in total. The number of benzene rings is 1. The number of hydrogen-bond donors (Lipinski definition) is 1. The smallest absolute Gasteiger partial charge is 0.159 e. The molecule has 16 heavy (non-hydrogen) atoms. The first-order valence-corrected chi connectivity index (χ1v) is 5.65. The molecule has 2 rings (SSSR count). The monoisotopic (exact) mass is 281 g/mol. The molecule has 1 aromatic heterocycles. The van der Waals surface area contributed by atoms with Gasteiger partial charge in [-0.05, 0) is 21.5 Å².